The fourth-order valence-electron chi connectivity index (χ4n) is 1.08. The van der Waals surface area contributed by atoms with Crippen molar-refractivity contribution in [3.63, 3.8) is 0 Å². The zero-order valence-corrected chi connectivity index (χ0v) is 9.59. The molecule has 0 aromatic heterocycles. The van der Waals surface area contributed by atoms with Crippen LogP contribution in [0.3, 0.4) is 0 Å². The molecule has 0 aromatic rings. The van der Waals surface area contributed by atoms with Crippen molar-refractivity contribution in [2.45, 2.75) is 39.0 Å². The Morgan fingerprint density at radius 1 is 1.00 bits per heavy atom. The summed E-state index contributed by atoms with van der Waals surface area (Å²) in [6.45, 7) is 4.74. The van der Waals surface area contributed by atoms with Gasteiger partial charge >= 0.3 is 0 Å². The third-order valence-electron chi connectivity index (χ3n) is 1.80. The minimum atomic E-state index is 0. The van der Waals surface area contributed by atoms with E-state index in [1.807, 2.05) is 0 Å². The van der Waals surface area contributed by atoms with E-state index in [2.05, 4.69) is 12.2 Å². The predicted molar refractivity (Wildman–Crippen MR) is 58.4 cm³/mol. The van der Waals surface area contributed by atoms with Crippen LogP contribution in [-0.4, -0.2) is 19.0 Å². The lowest BCUT2D eigenvalue weighted by Gasteiger charge is -1.99. The number of rotatable bonds is 8. The first-order valence-corrected chi connectivity index (χ1v) is 5.33. The quantitative estimate of drug-likeness (QED) is 0.472. The zero-order chi connectivity index (χ0) is 8.36. The average molecular weight is 215 g/mol. The molecule has 0 saturated heterocycles. The van der Waals surface area contributed by atoms with Gasteiger partial charge in [0.2, 0.25) is 0 Å². The largest absolute Gasteiger partial charge is 0.346 e. The Bertz CT molecular complexity index is 61.5. The van der Waals surface area contributed by atoms with Crippen LogP contribution in [0.25, 0.3) is 0 Å². The van der Waals surface area contributed by atoms with E-state index in [-0.39, 0.29) is 12.4 Å². The summed E-state index contributed by atoms with van der Waals surface area (Å²) in [5, 5.41) is 2.37. The molecule has 0 aromatic carbocycles. The molecule has 0 unspecified atom stereocenters. The van der Waals surface area contributed by atoms with E-state index < -0.39 is 0 Å². The summed E-state index contributed by atoms with van der Waals surface area (Å²) >= 11 is 5.54. The fraction of sp³-hybridized carbons (Fsp3) is 1.00. The van der Waals surface area contributed by atoms with Crippen molar-refractivity contribution >= 4 is 24.0 Å². The SMILES string of the molecule is CCCCCC[NH2+]CCCCl.Cl. The van der Waals surface area contributed by atoms with Crippen molar-refractivity contribution in [2.75, 3.05) is 19.0 Å². The summed E-state index contributed by atoms with van der Waals surface area (Å²) in [5.41, 5.74) is 0. The molecule has 0 saturated carbocycles. The molecule has 0 fully saturated rings. The standard InChI is InChI=1S/C9H20ClN.ClH/c1-2-3-4-5-8-11-9-6-7-10;/h11H,2-9H2,1H3;1H/p+1. The maximum Gasteiger partial charge on any atom is 0.0766 e. The van der Waals surface area contributed by atoms with Gasteiger partial charge in [-0.3, -0.25) is 0 Å². The third-order valence-corrected chi connectivity index (χ3v) is 2.07. The number of alkyl halides is 1. The Kier molecular flexibility index (Phi) is 17.6. The van der Waals surface area contributed by atoms with Gasteiger partial charge in [0.15, 0.2) is 0 Å². The highest BCUT2D eigenvalue weighted by atomic mass is 35.5. The molecule has 0 radical (unpaired) electrons. The summed E-state index contributed by atoms with van der Waals surface area (Å²) < 4.78 is 0. The van der Waals surface area contributed by atoms with Crippen molar-refractivity contribution in [3.05, 3.63) is 0 Å². The van der Waals surface area contributed by atoms with Gasteiger partial charge in [-0.2, -0.15) is 0 Å². The number of hydrogen-bond acceptors (Lipinski definition) is 0. The van der Waals surface area contributed by atoms with Crippen molar-refractivity contribution in [3.8, 4) is 0 Å². The maximum absolute atomic E-state index is 5.54. The molecule has 0 atom stereocenters. The molecule has 12 heavy (non-hydrogen) atoms. The van der Waals surface area contributed by atoms with Crippen LogP contribution in [0.5, 0.6) is 0 Å². The minimum Gasteiger partial charge on any atom is -0.346 e. The normalized spacial score (nSPS) is 9.50. The molecular formula is C9H22Cl2N+. The molecule has 2 N–H and O–H groups in total. The van der Waals surface area contributed by atoms with Crippen LogP contribution >= 0.6 is 24.0 Å². The molecule has 0 heterocycles. The molecule has 0 aliphatic rings. The van der Waals surface area contributed by atoms with Gasteiger partial charge in [-0.05, 0) is 12.8 Å². The monoisotopic (exact) mass is 214 g/mol. The molecule has 0 rings (SSSR count). The number of halogens is 2. The fourth-order valence-corrected chi connectivity index (χ4v) is 1.24. The first-order valence-electron chi connectivity index (χ1n) is 4.79. The summed E-state index contributed by atoms with van der Waals surface area (Å²) in [7, 11) is 0. The van der Waals surface area contributed by atoms with E-state index in [0.29, 0.717) is 0 Å². The van der Waals surface area contributed by atoms with E-state index in [9.17, 15) is 0 Å². The lowest BCUT2D eigenvalue weighted by Crippen LogP contribution is -2.84. The van der Waals surface area contributed by atoms with Crippen LogP contribution < -0.4 is 5.32 Å². The van der Waals surface area contributed by atoms with Gasteiger partial charge in [0.05, 0.1) is 13.1 Å². The minimum absolute atomic E-state index is 0. The van der Waals surface area contributed by atoms with Crippen molar-refractivity contribution in [2.24, 2.45) is 0 Å². The maximum atomic E-state index is 5.54. The predicted octanol–water partition coefficient (Wildman–Crippen LogP) is 2.18. The smallest absolute Gasteiger partial charge is 0.0766 e. The molecule has 0 aliphatic carbocycles. The molecule has 1 nitrogen and oxygen atoms in total. The summed E-state index contributed by atoms with van der Waals surface area (Å²) in [5.74, 6) is 0.811. The first kappa shape index (κ1) is 15.0. The Morgan fingerprint density at radius 3 is 2.25 bits per heavy atom. The van der Waals surface area contributed by atoms with Gasteiger partial charge in [-0.15, -0.1) is 24.0 Å². The summed E-state index contributed by atoms with van der Waals surface area (Å²) in [6, 6.07) is 0. The second kappa shape index (κ2) is 14.1. The highest BCUT2D eigenvalue weighted by Gasteiger charge is 1.90. The number of nitrogens with two attached hydrogens (primary N) is 1. The van der Waals surface area contributed by atoms with E-state index in [0.717, 1.165) is 12.3 Å². The number of unbranched alkanes of at least 4 members (excludes halogenated alkanes) is 3. The summed E-state index contributed by atoms with van der Waals surface area (Å²) in [6.07, 6.45) is 6.64. The van der Waals surface area contributed by atoms with Gasteiger partial charge in [0.1, 0.15) is 0 Å². The topological polar surface area (TPSA) is 16.6 Å². The highest BCUT2D eigenvalue weighted by molar-refractivity contribution is 6.17. The van der Waals surface area contributed by atoms with Gasteiger partial charge in [0.25, 0.3) is 0 Å². The van der Waals surface area contributed by atoms with E-state index in [4.69, 9.17) is 11.6 Å². The van der Waals surface area contributed by atoms with Gasteiger partial charge in [0, 0.05) is 12.3 Å². The second-order valence-electron chi connectivity index (χ2n) is 2.97. The van der Waals surface area contributed by atoms with E-state index >= 15 is 0 Å². The lowest BCUT2D eigenvalue weighted by atomic mass is 10.2. The third kappa shape index (κ3) is 13.2. The van der Waals surface area contributed by atoms with Crippen LogP contribution in [0.1, 0.15) is 39.0 Å². The molecule has 3 heteroatoms. The molecule has 0 bridgehead atoms. The molecule has 76 valence electrons. The molecule has 0 aliphatic heterocycles. The van der Waals surface area contributed by atoms with Gasteiger partial charge < -0.3 is 5.32 Å². The van der Waals surface area contributed by atoms with Crippen LogP contribution in [0.15, 0.2) is 0 Å². The van der Waals surface area contributed by atoms with Crippen LogP contribution in [-0.2, 0) is 0 Å². The van der Waals surface area contributed by atoms with Crippen molar-refractivity contribution in [1.29, 1.82) is 0 Å². The Morgan fingerprint density at radius 2 is 1.67 bits per heavy atom. The Hall–Kier alpha value is 0.540. The molecule has 0 spiro atoms. The molecule has 0 amide bonds. The lowest BCUT2D eigenvalue weighted by molar-refractivity contribution is -0.654. The average Bonchev–Trinajstić information content (AvgIpc) is 2.03. The van der Waals surface area contributed by atoms with E-state index in [1.54, 1.807) is 0 Å². The van der Waals surface area contributed by atoms with Crippen molar-refractivity contribution < 1.29 is 5.32 Å². The molecular weight excluding hydrogens is 193 g/mol. The first-order chi connectivity index (χ1) is 5.41. The van der Waals surface area contributed by atoms with Crippen LogP contribution in [0.4, 0.5) is 0 Å². The summed E-state index contributed by atoms with van der Waals surface area (Å²) in [4.78, 5) is 0. The van der Waals surface area contributed by atoms with Crippen LogP contribution in [0, 0.1) is 0 Å². The van der Waals surface area contributed by atoms with Crippen molar-refractivity contribution in [1.82, 2.24) is 0 Å². The van der Waals surface area contributed by atoms with Gasteiger partial charge in [-0.25, -0.2) is 0 Å². The number of quaternary nitrogens is 1. The van der Waals surface area contributed by atoms with Gasteiger partial charge in [-0.1, -0.05) is 19.8 Å². The zero-order valence-electron chi connectivity index (χ0n) is 8.02. The highest BCUT2D eigenvalue weighted by Crippen LogP contribution is 1.95. The van der Waals surface area contributed by atoms with Crippen LogP contribution in [0.2, 0.25) is 0 Å². The number of hydrogen-bond donors (Lipinski definition) is 1. The Balaban J connectivity index is 0. The second-order valence-corrected chi connectivity index (χ2v) is 3.35. The Labute approximate surface area is 87.7 Å². The van der Waals surface area contributed by atoms with E-state index in [1.165, 1.54) is 38.8 Å².